The van der Waals surface area contributed by atoms with E-state index >= 15 is 0 Å². The van der Waals surface area contributed by atoms with Gasteiger partial charge in [0.15, 0.2) is 5.78 Å². The van der Waals surface area contributed by atoms with Gasteiger partial charge in [-0.15, -0.1) is 11.3 Å². The van der Waals surface area contributed by atoms with Gasteiger partial charge in [0.25, 0.3) is 11.5 Å². The highest BCUT2D eigenvalue weighted by molar-refractivity contribution is 8.26. The molecule has 7 nitrogen and oxygen atoms in total. The minimum absolute atomic E-state index is 0.0765. The van der Waals surface area contributed by atoms with Crippen LogP contribution in [0.3, 0.4) is 0 Å². The van der Waals surface area contributed by atoms with Gasteiger partial charge in [-0.2, -0.15) is 5.26 Å². The number of aromatic hydroxyl groups is 1. The lowest BCUT2D eigenvalue weighted by molar-refractivity contribution is -0.121. The van der Waals surface area contributed by atoms with Crippen molar-refractivity contribution in [1.82, 2.24) is 9.47 Å². The Bertz CT molecular complexity index is 1140. The number of ketones is 1. The molecule has 1 saturated heterocycles. The van der Waals surface area contributed by atoms with Crippen LogP contribution in [0, 0.1) is 18.3 Å². The van der Waals surface area contributed by atoms with Gasteiger partial charge in [0, 0.05) is 11.9 Å². The van der Waals surface area contributed by atoms with Crippen LogP contribution in [-0.2, 0) is 11.8 Å². The van der Waals surface area contributed by atoms with Gasteiger partial charge in [0.1, 0.15) is 16.0 Å². The van der Waals surface area contributed by atoms with Crippen molar-refractivity contribution in [2.45, 2.75) is 6.92 Å². The summed E-state index contributed by atoms with van der Waals surface area (Å²) in [6.07, 6.45) is 1.71. The standard InChI is InChI=1S/C18H13N3O4S3/c1-9-11(7-19)15(23)20(2)17(25)14(9)12(22)8-21-16(24)13(28-18(21)26)6-10-4-3-5-27-10/h3-6,25H,8H2,1-2H3/b13-6-. The molecule has 0 atom stereocenters. The Balaban J connectivity index is 1.93. The van der Waals surface area contributed by atoms with Crippen molar-refractivity contribution in [3.05, 3.63) is 54.3 Å². The number of Topliss-reactive ketones (excluding diaryl/α,β-unsaturated/α-hetero) is 1. The maximum atomic E-state index is 12.8. The molecule has 1 aliphatic heterocycles. The molecular weight excluding hydrogens is 418 g/mol. The number of thioether (sulfide) groups is 1. The number of hydrogen-bond acceptors (Lipinski definition) is 8. The van der Waals surface area contributed by atoms with Gasteiger partial charge in [0.2, 0.25) is 5.88 Å². The lowest BCUT2D eigenvalue weighted by Crippen LogP contribution is -2.35. The van der Waals surface area contributed by atoms with Gasteiger partial charge in [-0.05, 0) is 30.0 Å². The Morgan fingerprint density at radius 1 is 1.43 bits per heavy atom. The molecule has 2 aromatic heterocycles. The molecule has 142 valence electrons. The third kappa shape index (κ3) is 3.40. The summed E-state index contributed by atoms with van der Waals surface area (Å²) >= 11 is 7.79. The molecule has 2 aromatic rings. The number of nitriles is 1. The molecule has 0 unspecified atom stereocenters. The van der Waals surface area contributed by atoms with Crippen LogP contribution in [0.4, 0.5) is 0 Å². The maximum absolute atomic E-state index is 12.8. The number of amides is 1. The zero-order valence-electron chi connectivity index (χ0n) is 14.8. The van der Waals surface area contributed by atoms with E-state index in [0.29, 0.717) is 4.91 Å². The molecule has 3 rings (SSSR count). The summed E-state index contributed by atoms with van der Waals surface area (Å²) in [4.78, 5) is 40.0. The van der Waals surface area contributed by atoms with E-state index in [0.717, 1.165) is 26.1 Å². The molecule has 10 heteroatoms. The van der Waals surface area contributed by atoms with E-state index in [2.05, 4.69) is 0 Å². The van der Waals surface area contributed by atoms with Crippen LogP contribution in [0.5, 0.6) is 5.88 Å². The van der Waals surface area contributed by atoms with Crippen molar-refractivity contribution >= 4 is 57.4 Å². The molecule has 3 heterocycles. The maximum Gasteiger partial charge on any atom is 0.271 e. The van der Waals surface area contributed by atoms with Crippen LogP contribution < -0.4 is 5.56 Å². The minimum Gasteiger partial charge on any atom is -0.494 e. The average Bonchev–Trinajstić information content (AvgIpc) is 3.25. The quantitative estimate of drug-likeness (QED) is 0.450. The van der Waals surface area contributed by atoms with Crippen LogP contribution in [0.25, 0.3) is 6.08 Å². The van der Waals surface area contributed by atoms with E-state index in [9.17, 15) is 24.8 Å². The van der Waals surface area contributed by atoms with Gasteiger partial charge in [-0.25, -0.2) is 0 Å². The van der Waals surface area contributed by atoms with Crippen molar-refractivity contribution in [2.75, 3.05) is 6.54 Å². The zero-order chi connectivity index (χ0) is 20.6. The Morgan fingerprint density at radius 3 is 2.75 bits per heavy atom. The largest absolute Gasteiger partial charge is 0.494 e. The van der Waals surface area contributed by atoms with Gasteiger partial charge < -0.3 is 5.11 Å². The minimum atomic E-state index is -0.696. The second-order valence-electron chi connectivity index (χ2n) is 5.88. The third-order valence-electron chi connectivity index (χ3n) is 4.19. The molecule has 1 amide bonds. The monoisotopic (exact) mass is 431 g/mol. The zero-order valence-corrected chi connectivity index (χ0v) is 17.2. The summed E-state index contributed by atoms with van der Waals surface area (Å²) in [6, 6.07) is 5.47. The number of thiophene rings is 1. The number of nitrogens with zero attached hydrogens (tertiary/aromatic N) is 3. The highest BCUT2D eigenvalue weighted by Crippen LogP contribution is 2.34. The number of pyridine rings is 1. The second-order valence-corrected chi connectivity index (χ2v) is 8.54. The smallest absolute Gasteiger partial charge is 0.271 e. The molecule has 0 spiro atoms. The van der Waals surface area contributed by atoms with Gasteiger partial charge in [0.05, 0.1) is 17.0 Å². The van der Waals surface area contributed by atoms with Crippen LogP contribution in [0.15, 0.2) is 27.2 Å². The average molecular weight is 432 g/mol. The van der Waals surface area contributed by atoms with E-state index in [4.69, 9.17) is 12.2 Å². The van der Waals surface area contributed by atoms with Crippen LogP contribution in [0.2, 0.25) is 0 Å². The van der Waals surface area contributed by atoms with Crippen molar-refractivity contribution in [2.24, 2.45) is 7.05 Å². The topological polar surface area (TPSA) is 103 Å². The first-order chi connectivity index (χ1) is 13.3. The van der Waals surface area contributed by atoms with E-state index in [1.54, 1.807) is 12.1 Å². The molecule has 0 radical (unpaired) electrons. The number of carbonyl (C=O) groups excluding carboxylic acids is 2. The molecular formula is C18H13N3O4S3. The van der Waals surface area contributed by atoms with E-state index in [-0.39, 0.29) is 21.0 Å². The summed E-state index contributed by atoms with van der Waals surface area (Å²) in [5.41, 5.74) is -1.02. The molecule has 1 fully saturated rings. The van der Waals surface area contributed by atoms with Crippen molar-refractivity contribution in [1.29, 1.82) is 5.26 Å². The Hall–Kier alpha value is -2.74. The van der Waals surface area contributed by atoms with Crippen LogP contribution in [-0.4, -0.2) is 37.1 Å². The SMILES string of the molecule is Cc1c(C(=O)CN2C(=O)/C(=C/c3cccs3)SC2=S)c(O)n(C)c(=O)c1C#N. The molecule has 1 N–H and O–H groups in total. The van der Waals surface area contributed by atoms with E-state index in [1.165, 1.54) is 25.3 Å². The van der Waals surface area contributed by atoms with E-state index < -0.39 is 29.7 Å². The number of hydrogen-bond donors (Lipinski definition) is 1. The fourth-order valence-corrected chi connectivity index (χ4v) is 4.69. The third-order valence-corrected chi connectivity index (χ3v) is 6.39. The Kier molecular flexibility index (Phi) is 5.51. The molecule has 1 aliphatic rings. The van der Waals surface area contributed by atoms with Gasteiger partial charge in [-0.3, -0.25) is 23.9 Å². The number of carbonyl (C=O) groups is 2. The fraction of sp³-hybridized carbons (Fsp3) is 0.167. The van der Waals surface area contributed by atoms with Gasteiger partial charge >= 0.3 is 0 Å². The van der Waals surface area contributed by atoms with Crippen molar-refractivity contribution in [3.8, 4) is 11.9 Å². The van der Waals surface area contributed by atoms with Gasteiger partial charge in [-0.1, -0.05) is 30.0 Å². The normalized spacial score (nSPS) is 15.3. The summed E-state index contributed by atoms with van der Waals surface area (Å²) in [5, 5.41) is 21.3. The van der Waals surface area contributed by atoms with E-state index in [1.807, 2.05) is 17.5 Å². The van der Waals surface area contributed by atoms with Crippen LogP contribution in [0.1, 0.15) is 26.4 Å². The predicted molar refractivity (Wildman–Crippen MR) is 111 cm³/mol. The summed E-state index contributed by atoms with van der Waals surface area (Å²) in [7, 11) is 1.26. The van der Waals surface area contributed by atoms with Crippen molar-refractivity contribution < 1.29 is 14.7 Å². The Morgan fingerprint density at radius 2 is 2.14 bits per heavy atom. The van der Waals surface area contributed by atoms with Crippen LogP contribution >= 0.6 is 35.3 Å². The first-order valence-corrected chi connectivity index (χ1v) is 10.0. The molecule has 0 saturated carbocycles. The summed E-state index contributed by atoms with van der Waals surface area (Å²) in [5.74, 6) is -1.57. The molecule has 0 bridgehead atoms. The first kappa shape index (κ1) is 20.0. The molecule has 0 aliphatic carbocycles. The fourth-order valence-electron chi connectivity index (χ4n) is 2.71. The number of thiocarbonyl (C=S) groups is 1. The Labute approximate surface area is 173 Å². The predicted octanol–water partition coefficient (Wildman–Crippen LogP) is 2.42. The second kappa shape index (κ2) is 7.71. The molecule has 0 aromatic carbocycles. The first-order valence-electron chi connectivity index (χ1n) is 7.91. The summed E-state index contributed by atoms with van der Waals surface area (Å²) < 4.78 is 1.06. The lowest BCUT2D eigenvalue weighted by Gasteiger charge is -2.16. The lowest BCUT2D eigenvalue weighted by atomic mass is 10.0. The number of aromatic nitrogens is 1. The molecule has 28 heavy (non-hydrogen) atoms. The van der Waals surface area contributed by atoms with Crippen molar-refractivity contribution in [3.63, 3.8) is 0 Å². The summed E-state index contributed by atoms with van der Waals surface area (Å²) in [6.45, 7) is 1.01. The highest BCUT2D eigenvalue weighted by atomic mass is 32.2. The number of rotatable bonds is 4. The highest BCUT2D eigenvalue weighted by Gasteiger charge is 2.35.